The standard InChI is InChI=1S/C15H15BrN2O3/c1-9-7-12(15(21)17-6-2-3-14(19)20)11-8-10(16)4-5-13(11)18-9/h4-5,7-8H,2-3,6H2,1H3,(H,17,21)(H,19,20). The molecule has 0 aliphatic heterocycles. The lowest BCUT2D eigenvalue weighted by molar-refractivity contribution is -0.137. The zero-order valence-electron chi connectivity index (χ0n) is 11.5. The Morgan fingerprint density at radius 1 is 1.33 bits per heavy atom. The van der Waals surface area contributed by atoms with Crippen LogP contribution in [0.1, 0.15) is 28.9 Å². The smallest absolute Gasteiger partial charge is 0.303 e. The number of carbonyl (C=O) groups is 2. The van der Waals surface area contributed by atoms with Gasteiger partial charge in [0.05, 0.1) is 11.1 Å². The molecule has 1 heterocycles. The molecule has 0 spiro atoms. The van der Waals surface area contributed by atoms with Gasteiger partial charge in [-0.15, -0.1) is 0 Å². The summed E-state index contributed by atoms with van der Waals surface area (Å²) in [5, 5.41) is 12.1. The van der Waals surface area contributed by atoms with Gasteiger partial charge in [0.1, 0.15) is 0 Å². The summed E-state index contributed by atoms with van der Waals surface area (Å²) in [5.74, 6) is -1.08. The highest BCUT2D eigenvalue weighted by Gasteiger charge is 2.12. The maximum Gasteiger partial charge on any atom is 0.303 e. The van der Waals surface area contributed by atoms with Gasteiger partial charge in [0.2, 0.25) is 0 Å². The molecule has 2 rings (SSSR count). The van der Waals surface area contributed by atoms with E-state index in [1.54, 1.807) is 6.07 Å². The topological polar surface area (TPSA) is 79.3 Å². The van der Waals surface area contributed by atoms with E-state index in [2.05, 4.69) is 26.2 Å². The molecule has 1 amide bonds. The average Bonchev–Trinajstić information content (AvgIpc) is 2.42. The van der Waals surface area contributed by atoms with Gasteiger partial charge in [-0.2, -0.15) is 0 Å². The van der Waals surface area contributed by atoms with Gasteiger partial charge >= 0.3 is 5.97 Å². The van der Waals surface area contributed by atoms with Crippen molar-refractivity contribution >= 4 is 38.7 Å². The molecule has 0 radical (unpaired) electrons. The van der Waals surface area contributed by atoms with Crippen LogP contribution in [0, 0.1) is 6.92 Å². The van der Waals surface area contributed by atoms with Gasteiger partial charge in [-0.25, -0.2) is 0 Å². The lowest BCUT2D eigenvalue weighted by Gasteiger charge is -2.09. The number of nitrogens with one attached hydrogen (secondary N) is 1. The first kappa shape index (κ1) is 15.4. The van der Waals surface area contributed by atoms with Crippen molar-refractivity contribution in [2.24, 2.45) is 0 Å². The van der Waals surface area contributed by atoms with E-state index in [0.717, 1.165) is 21.1 Å². The monoisotopic (exact) mass is 350 g/mol. The van der Waals surface area contributed by atoms with Crippen LogP contribution in [0.25, 0.3) is 10.9 Å². The SMILES string of the molecule is Cc1cc(C(=O)NCCCC(=O)O)c2cc(Br)ccc2n1. The zero-order valence-corrected chi connectivity index (χ0v) is 13.1. The first-order valence-electron chi connectivity index (χ1n) is 6.54. The number of hydrogen-bond acceptors (Lipinski definition) is 3. The number of amides is 1. The summed E-state index contributed by atoms with van der Waals surface area (Å²) in [7, 11) is 0. The van der Waals surface area contributed by atoms with Crippen LogP contribution >= 0.6 is 15.9 Å². The first-order valence-corrected chi connectivity index (χ1v) is 7.33. The van der Waals surface area contributed by atoms with Crippen molar-refractivity contribution in [1.82, 2.24) is 10.3 Å². The Morgan fingerprint density at radius 2 is 2.10 bits per heavy atom. The summed E-state index contributed by atoms with van der Waals surface area (Å²) in [6.45, 7) is 2.17. The van der Waals surface area contributed by atoms with Crippen molar-refractivity contribution in [3.8, 4) is 0 Å². The first-order chi connectivity index (χ1) is 9.97. The van der Waals surface area contributed by atoms with Gasteiger partial charge in [0.15, 0.2) is 0 Å². The summed E-state index contributed by atoms with van der Waals surface area (Å²) < 4.78 is 0.876. The van der Waals surface area contributed by atoms with Crippen molar-refractivity contribution in [3.05, 3.63) is 40.0 Å². The van der Waals surface area contributed by atoms with Crippen molar-refractivity contribution in [2.45, 2.75) is 19.8 Å². The van der Waals surface area contributed by atoms with Crippen LogP contribution in [0.3, 0.4) is 0 Å². The second kappa shape index (κ2) is 6.67. The quantitative estimate of drug-likeness (QED) is 0.812. The minimum Gasteiger partial charge on any atom is -0.481 e. The summed E-state index contributed by atoms with van der Waals surface area (Å²) >= 11 is 3.39. The van der Waals surface area contributed by atoms with Crippen molar-refractivity contribution in [1.29, 1.82) is 0 Å². The van der Waals surface area contributed by atoms with E-state index >= 15 is 0 Å². The minimum atomic E-state index is -0.863. The highest BCUT2D eigenvalue weighted by molar-refractivity contribution is 9.10. The normalized spacial score (nSPS) is 10.6. The van der Waals surface area contributed by atoms with Crippen LogP contribution < -0.4 is 5.32 Å². The van der Waals surface area contributed by atoms with Crippen LogP contribution in [-0.2, 0) is 4.79 Å². The minimum absolute atomic E-state index is 0.0436. The number of benzene rings is 1. The van der Waals surface area contributed by atoms with Gasteiger partial charge in [0, 0.05) is 28.5 Å². The number of aliphatic carboxylic acids is 1. The number of hydrogen-bond donors (Lipinski definition) is 2. The Balaban J connectivity index is 2.22. The number of carboxylic acid groups (broad SMARTS) is 1. The lowest BCUT2D eigenvalue weighted by Crippen LogP contribution is -2.25. The van der Waals surface area contributed by atoms with Crippen molar-refractivity contribution in [3.63, 3.8) is 0 Å². The third-order valence-corrected chi connectivity index (χ3v) is 3.49. The highest BCUT2D eigenvalue weighted by atomic mass is 79.9. The number of fused-ring (bicyclic) bond motifs is 1. The van der Waals surface area contributed by atoms with E-state index in [0.29, 0.717) is 18.5 Å². The summed E-state index contributed by atoms with van der Waals surface area (Å²) in [5.41, 5.74) is 2.07. The second-order valence-electron chi connectivity index (χ2n) is 4.73. The fourth-order valence-corrected chi connectivity index (χ4v) is 2.42. The molecule has 110 valence electrons. The maximum atomic E-state index is 12.3. The molecular formula is C15H15BrN2O3. The predicted octanol–water partition coefficient (Wildman–Crippen LogP) is 2.90. The van der Waals surface area contributed by atoms with Crippen LogP contribution in [0.5, 0.6) is 0 Å². The van der Waals surface area contributed by atoms with E-state index in [9.17, 15) is 9.59 Å². The van der Waals surface area contributed by atoms with Crippen LogP contribution in [0.2, 0.25) is 0 Å². The van der Waals surface area contributed by atoms with Crippen molar-refractivity contribution in [2.75, 3.05) is 6.54 Å². The Kier molecular flexibility index (Phi) is 4.90. The zero-order chi connectivity index (χ0) is 15.4. The fourth-order valence-electron chi connectivity index (χ4n) is 2.06. The number of aromatic nitrogens is 1. The molecule has 0 atom stereocenters. The molecule has 0 saturated heterocycles. The molecule has 1 aromatic carbocycles. The molecule has 0 saturated carbocycles. The summed E-state index contributed by atoms with van der Waals surface area (Å²) in [6.07, 6.45) is 0.453. The fraction of sp³-hybridized carbons (Fsp3) is 0.267. The number of halogens is 1. The Morgan fingerprint density at radius 3 is 2.81 bits per heavy atom. The molecule has 0 aliphatic carbocycles. The number of pyridine rings is 1. The summed E-state index contributed by atoms with van der Waals surface area (Å²) in [6, 6.07) is 7.33. The summed E-state index contributed by atoms with van der Waals surface area (Å²) in [4.78, 5) is 27.1. The van der Waals surface area contributed by atoms with Crippen molar-refractivity contribution < 1.29 is 14.7 Å². The molecule has 0 unspecified atom stereocenters. The molecule has 5 nitrogen and oxygen atoms in total. The third-order valence-electron chi connectivity index (χ3n) is 3.00. The van der Waals surface area contributed by atoms with E-state index in [1.807, 2.05) is 25.1 Å². The van der Waals surface area contributed by atoms with E-state index in [1.165, 1.54) is 0 Å². The van der Waals surface area contributed by atoms with Gasteiger partial charge in [-0.05, 0) is 37.6 Å². The molecule has 0 fully saturated rings. The third kappa shape index (κ3) is 4.01. The predicted molar refractivity (Wildman–Crippen MR) is 83.4 cm³/mol. The lowest BCUT2D eigenvalue weighted by atomic mass is 10.1. The number of carboxylic acids is 1. The van der Waals surface area contributed by atoms with E-state index in [-0.39, 0.29) is 12.3 Å². The van der Waals surface area contributed by atoms with Gasteiger partial charge in [-0.1, -0.05) is 15.9 Å². The molecule has 2 aromatic rings. The molecule has 1 aromatic heterocycles. The highest BCUT2D eigenvalue weighted by Crippen LogP contribution is 2.22. The number of nitrogens with zero attached hydrogens (tertiary/aromatic N) is 1. The number of aryl methyl sites for hydroxylation is 1. The Labute approximate surface area is 130 Å². The molecule has 6 heteroatoms. The van der Waals surface area contributed by atoms with Gasteiger partial charge in [0.25, 0.3) is 5.91 Å². The molecule has 0 bridgehead atoms. The Bertz CT molecular complexity index is 701. The average molecular weight is 351 g/mol. The number of carbonyl (C=O) groups excluding carboxylic acids is 1. The molecule has 21 heavy (non-hydrogen) atoms. The van der Waals surface area contributed by atoms with E-state index in [4.69, 9.17) is 5.11 Å². The second-order valence-corrected chi connectivity index (χ2v) is 5.64. The van der Waals surface area contributed by atoms with Gasteiger partial charge in [-0.3, -0.25) is 14.6 Å². The Hall–Kier alpha value is -1.95. The largest absolute Gasteiger partial charge is 0.481 e. The molecular weight excluding hydrogens is 336 g/mol. The van der Waals surface area contributed by atoms with Crippen LogP contribution in [0.15, 0.2) is 28.7 Å². The van der Waals surface area contributed by atoms with E-state index < -0.39 is 5.97 Å². The molecule has 0 aliphatic rings. The van der Waals surface area contributed by atoms with Crippen LogP contribution in [0.4, 0.5) is 0 Å². The number of rotatable bonds is 5. The maximum absolute atomic E-state index is 12.3. The molecule has 2 N–H and O–H groups in total. The van der Waals surface area contributed by atoms with Gasteiger partial charge < -0.3 is 10.4 Å². The van der Waals surface area contributed by atoms with Crippen LogP contribution in [-0.4, -0.2) is 28.5 Å².